The molecule has 0 aliphatic rings. The van der Waals surface area contributed by atoms with Crippen molar-refractivity contribution in [2.45, 2.75) is 12.5 Å². The summed E-state index contributed by atoms with van der Waals surface area (Å²) in [5.41, 5.74) is 5.07. The lowest BCUT2D eigenvalue weighted by molar-refractivity contribution is -0.133. The van der Waals surface area contributed by atoms with Crippen LogP contribution in [-0.2, 0) is 10.4 Å². The Labute approximate surface area is 129 Å². The van der Waals surface area contributed by atoms with Gasteiger partial charge in [-0.2, -0.15) is 0 Å². The van der Waals surface area contributed by atoms with Gasteiger partial charge < -0.3 is 20.7 Å². The number of hydrogen-bond donors (Lipinski definition) is 3. The molecule has 0 spiro atoms. The molecule has 0 saturated heterocycles. The van der Waals surface area contributed by atoms with E-state index in [0.717, 1.165) is 5.56 Å². The quantitative estimate of drug-likeness (QED) is 0.744. The first-order chi connectivity index (χ1) is 10.5. The number of carbonyl (C=O) groups is 1. The Kier molecular flexibility index (Phi) is 4.80. The average molecular weight is 301 g/mol. The standard InChI is InChI=1S/C17H19NO4/c1-12-11-14(7-8-15(12)22-10-9-19)17(21,16(18)20)13-5-3-2-4-6-13/h2-8,11,19,21H,9-10H2,1H3,(H2,18,20). The molecule has 5 nitrogen and oxygen atoms in total. The fourth-order valence-electron chi connectivity index (χ4n) is 2.32. The highest BCUT2D eigenvalue weighted by molar-refractivity contribution is 5.88. The van der Waals surface area contributed by atoms with Crippen molar-refractivity contribution in [3.05, 3.63) is 65.2 Å². The van der Waals surface area contributed by atoms with Gasteiger partial charge in [-0.15, -0.1) is 0 Å². The minimum atomic E-state index is -1.90. The SMILES string of the molecule is Cc1cc(C(O)(C(N)=O)c2ccccc2)ccc1OCCO. The summed E-state index contributed by atoms with van der Waals surface area (Å²) in [6, 6.07) is 13.5. The molecule has 22 heavy (non-hydrogen) atoms. The van der Waals surface area contributed by atoms with Crippen molar-refractivity contribution in [1.82, 2.24) is 0 Å². The molecule has 1 atom stereocenters. The van der Waals surface area contributed by atoms with E-state index in [1.165, 1.54) is 0 Å². The van der Waals surface area contributed by atoms with Crippen molar-refractivity contribution in [3.8, 4) is 5.75 Å². The van der Waals surface area contributed by atoms with E-state index in [1.807, 2.05) is 0 Å². The van der Waals surface area contributed by atoms with Crippen LogP contribution in [-0.4, -0.2) is 29.3 Å². The van der Waals surface area contributed by atoms with Crippen LogP contribution in [0.2, 0.25) is 0 Å². The number of aliphatic hydroxyl groups excluding tert-OH is 1. The van der Waals surface area contributed by atoms with Crippen LogP contribution < -0.4 is 10.5 Å². The van der Waals surface area contributed by atoms with Crippen LogP contribution in [0.15, 0.2) is 48.5 Å². The number of aryl methyl sites for hydroxylation is 1. The molecule has 1 unspecified atom stereocenters. The molecule has 2 rings (SSSR count). The summed E-state index contributed by atoms with van der Waals surface area (Å²) in [6.07, 6.45) is 0. The molecule has 5 heteroatoms. The van der Waals surface area contributed by atoms with Crippen LogP contribution in [0.3, 0.4) is 0 Å². The lowest BCUT2D eigenvalue weighted by atomic mass is 9.85. The maximum Gasteiger partial charge on any atom is 0.258 e. The summed E-state index contributed by atoms with van der Waals surface area (Å²) >= 11 is 0. The van der Waals surface area contributed by atoms with E-state index in [0.29, 0.717) is 16.9 Å². The van der Waals surface area contributed by atoms with E-state index in [-0.39, 0.29) is 13.2 Å². The second-order valence-corrected chi connectivity index (χ2v) is 4.99. The Morgan fingerprint density at radius 3 is 2.41 bits per heavy atom. The summed E-state index contributed by atoms with van der Waals surface area (Å²) in [7, 11) is 0. The first-order valence-electron chi connectivity index (χ1n) is 6.92. The third kappa shape index (κ3) is 2.95. The van der Waals surface area contributed by atoms with Gasteiger partial charge in [0.1, 0.15) is 12.4 Å². The molecule has 0 radical (unpaired) electrons. The smallest absolute Gasteiger partial charge is 0.258 e. The van der Waals surface area contributed by atoms with Crippen molar-refractivity contribution in [2.24, 2.45) is 5.73 Å². The molecule has 2 aromatic rings. The van der Waals surface area contributed by atoms with Gasteiger partial charge in [0.25, 0.3) is 5.91 Å². The summed E-state index contributed by atoms with van der Waals surface area (Å²) in [5.74, 6) is -0.264. The number of aliphatic hydroxyl groups is 2. The largest absolute Gasteiger partial charge is 0.491 e. The Balaban J connectivity index is 2.46. The van der Waals surface area contributed by atoms with E-state index in [4.69, 9.17) is 15.6 Å². The minimum absolute atomic E-state index is 0.0869. The first-order valence-corrected chi connectivity index (χ1v) is 6.92. The molecule has 0 aliphatic carbocycles. The first kappa shape index (κ1) is 16.0. The van der Waals surface area contributed by atoms with Gasteiger partial charge in [0.15, 0.2) is 5.60 Å². The fourth-order valence-corrected chi connectivity index (χ4v) is 2.32. The van der Waals surface area contributed by atoms with Crippen LogP contribution in [0.1, 0.15) is 16.7 Å². The molecule has 0 saturated carbocycles. The second-order valence-electron chi connectivity index (χ2n) is 4.99. The van der Waals surface area contributed by atoms with Crippen LogP contribution in [0, 0.1) is 6.92 Å². The van der Waals surface area contributed by atoms with Gasteiger partial charge in [0, 0.05) is 0 Å². The van der Waals surface area contributed by atoms with E-state index >= 15 is 0 Å². The number of carbonyl (C=O) groups excluding carboxylic acids is 1. The van der Waals surface area contributed by atoms with Crippen LogP contribution in [0.25, 0.3) is 0 Å². The molecule has 2 aromatic carbocycles. The molecule has 0 aromatic heterocycles. The lowest BCUT2D eigenvalue weighted by Gasteiger charge is -2.26. The minimum Gasteiger partial charge on any atom is -0.491 e. The highest BCUT2D eigenvalue weighted by atomic mass is 16.5. The van der Waals surface area contributed by atoms with E-state index in [2.05, 4.69) is 0 Å². The molecule has 0 aliphatic heterocycles. The van der Waals surface area contributed by atoms with E-state index < -0.39 is 11.5 Å². The maximum absolute atomic E-state index is 11.9. The number of hydrogen-bond acceptors (Lipinski definition) is 4. The number of rotatable bonds is 6. The summed E-state index contributed by atoms with van der Waals surface area (Å²) < 4.78 is 5.37. The van der Waals surface area contributed by atoms with Gasteiger partial charge in [-0.25, -0.2) is 0 Å². The van der Waals surface area contributed by atoms with Crippen molar-refractivity contribution in [1.29, 1.82) is 0 Å². The second kappa shape index (κ2) is 6.60. The van der Waals surface area contributed by atoms with E-state index in [9.17, 15) is 9.90 Å². The highest BCUT2D eigenvalue weighted by Crippen LogP contribution is 2.32. The van der Waals surface area contributed by atoms with Crippen molar-refractivity contribution >= 4 is 5.91 Å². The van der Waals surface area contributed by atoms with Crippen molar-refractivity contribution in [2.75, 3.05) is 13.2 Å². The summed E-state index contributed by atoms with van der Waals surface area (Å²) in [4.78, 5) is 11.9. The van der Waals surface area contributed by atoms with Gasteiger partial charge in [0.2, 0.25) is 0 Å². The van der Waals surface area contributed by atoms with Gasteiger partial charge in [-0.05, 0) is 35.7 Å². The Hall–Kier alpha value is -2.37. The average Bonchev–Trinajstić information content (AvgIpc) is 2.53. The highest BCUT2D eigenvalue weighted by Gasteiger charge is 2.38. The Morgan fingerprint density at radius 2 is 1.86 bits per heavy atom. The van der Waals surface area contributed by atoms with Crippen molar-refractivity contribution in [3.63, 3.8) is 0 Å². The molecular weight excluding hydrogens is 282 g/mol. The Bertz CT molecular complexity index is 657. The van der Waals surface area contributed by atoms with Gasteiger partial charge in [-0.1, -0.05) is 36.4 Å². The molecule has 0 bridgehead atoms. The number of ether oxygens (including phenoxy) is 1. The number of benzene rings is 2. The van der Waals surface area contributed by atoms with Crippen molar-refractivity contribution < 1.29 is 19.7 Å². The van der Waals surface area contributed by atoms with E-state index in [1.54, 1.807) is 55.5 Å². The number of primary amides is 1. The third-order valence-corrected chi connectivity index (χ3v) is 3.49. The van der Waals surface area contributed by atoms with Gasteiger partial charge >= 0.3 is 0 Å². The predicted octanol–water partition coefficient (Wildman–Crippen LogP) is 1.09. The van der Waals surface area contributed by atoms with Crippen LogP contribution in [0.5, 0.6) is 5.75 Å². The lowest BCUT2D eigenvalue weighted by Crippen LogP contribution is -2.42. The molecule has 0 heterocycles. The zero-order valence-electron chi connectivity index (χ0n) is 12.3. The van der Waals surface area contributed by atoms with Crippen LogP contribution in [0.4, 0.5) is 0 Å². The van der Waals surface area contributed by atoms with Gasteiger partial charge in [0.05, 0.1) is 6.61 Å². The molecular formula is C17H19NO4. The van der Waals surface area contributed by atoms with Gasteiger partial charge in [-0.3, -0.25) is 4.79 Å². The topological polar surface area (TPSA) is 92.8 Å². The number of amides is 1. The third-order valence-electron chi connectivity index (χ3n) is 3.49. The zero-order chi connectivity index (χ0) is 16.2. The fraction of sp³-hybridized carbons (Fsp3) is 0.235. The van der Waals surface area contributed by atoms with Crippen LogP contribution >= 0.6 is 0 Å². The summed E-state index contributed by atoms with van der Waals surface area (Å²) in [5, 5.41) is 19.7. The molecule has 0 fully saturated rings. The molecule has 1 amide bonds. The number of nitrogens with two attached hydrogens (primary N) is 1. The molecule has 116 valence electrons. The maximum atomic E-state index is 11.9. The normalized spacial score (nSPS) is 13.4. The molecule has 4 N–H and O–H groups in total. The predicted molar refractivity (Wildman–Crippen MR) is 82.4 cm³/mol. The summed E-state index contributed by atoms with van der Waals surface area (Å²) in [6.45, 7) is 1.89. The zero-order valence-corrected chi connectivity index (χ0v) is 12.3. The monoisotopic (exact) mass is 301 g/mol. The Morgan fingerprint density at radius 1 is 1.18 bits per heavy atom.